The molecule has 0 saturated heterocycles. The molecule has 30 heavy (non-hydrogen) atoms. The minimum Gasteiger partial charge on any atom is -0.508 e. The van der Waals surface area contributed by atoms with Crippen LogP contribution in [0.15, 0.2) is 72.8 Å². The van der Waals surface area contributed by atoms with Crippen LogP contribution in [0.2, 0.25) is 0 Å². The van der Waals surface area contributed by atoms with Crippen LogP contribution in [0.5, 0.6) is 23.0 Å². The van der Waals surface area contributed by atoms with Crippen LogP contribution in [0.25, 0.3) is 0 Å². The molecule has 0 aliphatic heterocycles. The first-order chi connectivity index (χ1) is 14.2. The van der Waals surface area contributed by atoms with E-state index in [1.165, 1.54) is 31.0 Å². The topological polar surface area (TPSA) is 80.9 Å². The van der Waals surface area contributed by atoms with Gasteiger partial charge in [-0.2, -0.15) is 0 Å². The second-order valence-corrected chi connectivity index (χ2v) is 6.61. The van der Waals surface area contributed by atoms with Gasteiger partial charge in [-0.1, -0.05) is 70.9 Å². The molecule has 0 saturated carbocycles. The van der Waals surface area contributed by atoms with E-state index >= 15 is 0 Å². The third-order valence-corrected chi connectivity index (χ3v) is 2.83. The molecular weight excluding hydrogens is 376 g/mol. The number of aryl methyl sites for hydroxylation is 2. The SMILES string of the molecule is CCC.CCC.Cc1cccc(O)c1.Cc1cccc(O)c1.Oc1cccc(O)c1. The van der Waals surface area contributed by atoms with Gasteiger partial charge in [0.25, 0.3) is 0 Å². The first kappa shape index (κ1) is 29.1. The summed E-state index contributed by atoms with van der Waals surface area (Å²) in [5.41, 5.74) is 2.18. The summed E-state index contributed by atoms with van der Waals surface area (Å²) in [4.78, 5) is 0. The van der Waals surface area contributed by atoms with Crippen molar-refractivity contribution in [1.29, 1.82) is 0 Å². The fourth-order valence-corrected chi connectivity index (χ4v) is 1.75. The smallest absolute Gasteiger partial charge is 0.119 e. The Balaban J connectivity index is 0. The van der Waals surface area contributed by atoms with Crippen LogP contribution < -0.4 is 0 Å². The van der Waals surface area contributed by atoms with E-state index in [1.54, 1.807) is 30.3 Å². The van der Waals surface area contributed by atoms with E-state index in [2.05, 4.69) is 27.7 Å². The first-order valence-electron chi connectivity index (χ1n) is 10.2. The van der Waals surface area contributed by atoms with Crippen molar-refractivity contribution in [3.8, 4) is 23.0 Å². The van der Waals surface area contributed by atoms with Gasteiger partial charge in [0.15, 0.2) is 0 Å². The van der Waals surface area contributed by atoms with Gasteiger partial charge in [0.05, 0.1) is 0 Å². The molecular formula is C26H38O4. The van der Waals surface area contributed by atoms with E-state index in [1.807, 2.05) is 38.1 Å². The second kappa shape index (κ2) is 19.2. The Hall–Kier alpha value is -3.14. The number of rotatable bonds is 0. The fraction of sp³-hybridized carbons (Fsp3) is 0.308. The summed E-state index contributed by atoms with van der Waals surface area (Å²) in [6.45, 7) is 12.4. The number of benzene rings is 3. The fourth-order valence-electron chi connectivity index (χ4n) is 1.75. The maximum absolute atomic E-state index is 8.81. The Bertz CT molecular complexity index is 628. The summed E-state index contributed by atoms with van der Waals surface area (Å²) in [5, 5.41) is 34.9. The van der Waals surface area contributed by atoms with Crippen LogP contribution >= 0.6 is 0 Å². The highest BCUT2D eigenvalue weighted by Gasteiger charge is 1.86. The number of aromatic hydroxyl groups is 4. The molecule has 0 radical (unpaired) electrons. The summed E-state index contributed by atoms with van der Waals surface area (Å²) in [6.07, 6.45) is 2.50. The number of hydrogen-bond acceptors (Lipinski definition) is 4. The molecule has 0 aliphatic rings. The van der Waals surface area contributed by atoms with Crippen molar-refractivity contribution >= 4 is 0 Å². The summed E-state index contributed by atoms with van der Waals surface area (Å²) in [6, 6.07) is 20.2. The Labute approximate surface area is 182 Å². The summed E-state index contributed by atoms with van der Waals surface area (Å²) < 4.78 is 0. The lowest BCUT2D eigenvalue weighted by Crippen LogP contribution is -1.66. The minimum absolute atomic E-state index is 0.0880. The molecule has 3 rings (SSSR count). The molecule has 0 heterocycles. The molecule has 0 bridgehead atoms. The van der Waals surface area contributed by atoms with Crippen LogP contribution in [0.1, 0.15) is 51.7 Å². The van der Waals surface area contributed by atoms with Gasteiger partial charge in [-0.15, -0.1) is 0 Å². The summed E-state index contributed by atoms with van der Waals surface area (Å²) in [5.74, 6) is 0.852. The predicted molar refractivity (Wildman–Crippen MR) is 127 cm³/mol. The average Bonchev–Trinajstić information content (AvgIpc) is 2.63. The highest BCUT2D eigenvalue weighted by atomic mass is 16.3. The molecule has 4 nitrogen and oxygen atoms in total. The molecule has 4 N–H and O–H groups in total. The monoisotopic (exact) mass is 414 g/mol. The van der Waals surface area contributed by atoms with Crippen LogP contribution in [-0.2, 0) is 0 Å². The molecule has 166 valence electrons. The quantitative estimate of drug-likeness (QED) is 0.310. The summed E-state index contributed by atoms with van der Waals surface area (Å²) >= 11 is 0. The maximum atomic E-state index is 8.81. The zero-order valence-corrected chi connectivity index (χ0v) is 19.1. The van der Waals surface area contributed by atoms with E-state index in [4.69, 9.17) is 20.4 Å². The van der Waals surface area contributed by atoms with Gasteiger partial charge in [0, 0.05) is 6.07 Å². The molecule has 4 heteroatoms. The first-order valence-corrected chi connectivity index (χ1v) is 10.2. The normalized spacial score (nSPS) is 8.47. The van der Waals surface area contributed by atoms with Crippen molar-refractivity contribution < 1.29 is 20.4 Å². The van der Waals surface area contributed by atoms with E-state index in [-0.39, 0.29) is 11.5 Å². The van der Waals surface area contributed by atoms with E-state index in [0.29, 0.717) is 11.5 Å². The third-order valence-electron chi connectivity index (χ3n) is 2.83. The van der Waals surface area contributed by atoms with Crippen molar-refractivity contribution in [2.75, 3.05) is 0 Å². The minimum atomic E-state index is 0.0880. The van der Waals surface area contributed by atoms with Gasteiger partial charge < -0.3 is 20.4 Å². The lowest BCUT2D eigenvalue weighted by molar-refractivity contribution is 0.450. The van der Waals surface area contributed by atoms with E-state index in [0.717, 1.165) is 11.1 Å². The Morgan fingerprint density at radius 2 is 0.700 bits per heavy atom. The Kier molecular flexibility index (Phi) is 18.6. The van der Waals surface area contributed by atoms with Crippen molar-refractivity contribution in [2.45, 2.75) is 54.4 Å². The maximum Gasteiger partial charge on any atom is 0.119 e. The van der Waals surface area contributed by atoms with Crippen molar-refractivity contribution in [2.24, 2.45) is 0 Å². The molecule has 3 aromatic rings. The molecule has 0 aliphatic carbocycles. The highest BCUT2D eigenvalue weighted by Crippen LogP contribution is 2.14. The van der Waals surface area contributed by atoms with Crippen molar-refractivity contribution in [3.05, 3.63) is 83.9 Å². The average molecular weight is 415 g/mol. The summed E-state index contributed by atoms with van der Waals surface area (Å²) in [7, 11) is 0. The van der Waals surface area contributed by atoms with Gasteiger partial charge in [-0.25, -0.2) is 0 Å². The second-order valence-electron chi connectivity index (χ2n) is 6.61. The van der Waals surface area contributed by atoms with Gasteiger partial charge in [-0.05, 0) is 61.4 Å². The number of hydrogen-bond donors (Lipinski definition) is 4. The molecule has 0 fully saturated rings. The standard InChI is InChI=1S/2C7H8O.C6H6O2.2C3H8/c2*1-6-3-2-4-7(8)5-6;7-5-2-1-3-6(8)4-5;2*1-3-2/h2*2-5,8H,1H3;1-4,7-8H;2*3H2,1-2H3. The zero-order valence-electron chi connectivity index (χ0n) is 19.1. The largest absolute Gasteiger partial charge is 0.508 e. The van der Waals surface area contributed by atoms with Crippen LogP contribution in [0.4, 0.5) is 0 Å². The molecule has 0 aromatic heterocycles. The van der Waals surface area contributed by atoms with E-state index < -0.39 is 0 Å². The number of phenols is 4. The van der Waals surface area contributed by atoms with Gasteiger partial charge in [0.1, 0.15) is 23.0 Å². The third kappa shape index (κ3) is 19.6. The van der Waals surface area contributed by atoms with Crippen LogP contribution in [0, 0.1) is 13.8 Å². The highest BCUT2D eigenvalue weighted by molar-refractivity contribution is 5.30. The molecule has 3 aromatic carbocycles. The van der Waals surface area contributed by atoms with Gasteiger partial charge in [-0.3, -0.25) is 0 Å². The lowest BCUT2D eigenvalue weighted by atomic mass is 10.2. The Morgan fingerprint density at radius 1 is 0.467 bits per heavy atom. The van der Waals surface area contributed by atoms with E-state index in [9.17, 15) is 0 Å². The van der Waals surface area contributed by atoms with Gasteiger partial charge >= 0.3 is 0 Å². The molecule has 0 atom stereocenters. The van der Waals surface area contributed by atoms with Crippen molar-refractivity contribution in [1.82, 2.24) is 0 Å². The predicted octanol–water partition coefficient (Wildman–Crippen LogP) is 7.33. The molecule has 0 amide bonds. The van der Waals surface area contributed by atoms with Gasteiger partial charge in [0.2, 0.25) is 0 Å². The number of phenolic OH excluding ortho intramolecular Hbond substituents is 4. The Morgan fingerprint density at radius 3 is 0.833 bits per heavy atom. The van der Waals surface area contributed by atoms with Crippen molar-refractivity contribution in [3.63, 3.8) is 0 Å². The molecule has 0 unspecified atom stereocenters. The van der Waals surface area contributed by atoms with Crippen LogP contribution in [-0.4, -0.2) is 20.4 Å². The zero-order chi connectivity index (χ0) is 23.4. The lowest BCUT2D eigenvalue weighted by Gasteiger charge is -1.89. The van der Waals surface area contributed by atoms with Crippen LogP contribution in [0.3, 0.4) is 0 Å². The molecule has 0 spiro atoms.